The van der Waals surface area contributed by atoms with Gasteiger partial charge in [-0.25, -0.2) is 12.2 Å². The van der Waals surface area contributed by atoms with E-state index in [0.717, 1.165) is 6.42 Å². The zero-order valence-corrected chi connectivity index (χ0v) is 9.25. The molecule has 1 aliphatic rings. The van der Waals surface area contributed by atoms with Gasteiger partial charge in [0.05, 0.1) is 0 Å². The van der Waals surface area contributed by atoms with Crippen molar-refractivity contribution in [2.75, 3.05) is 0 Å². The third kappa shape index (κ3) is 9.20. The molecule has 0 amide bonds. The van der Waals surface area contributed by atoms with E-state index < -0.39 is 0 Å². The summed E-state index contributed by atoms with van der Waals surface area (Å²) in [6.45, 7) is 0. The maximum Gasteiger partial charge on any atom is 2.00 e. The van der Waals surface area contributed by atoms with E-state index in [4.69, 9.17) is 0 Å². The molecule has 2 rings (SSSR count). The molecule has 0 bridgehead atoms. The Hall–Kier alpha value is -0.716. The number of benzene rings is 1. The van der Waals surface area contributed by atoms with Crippen LogP contribution in [0.15, 0.2) is 54.6 Å². The van der Waals surface area contributed by atoms with Crippen LogP contribution in [0.5, 0.6) is 0 Å². The molecule has 0 fully saturated rings. The van der Waals surface area contributed by atoms with Crippen molar-refractivity contribution in [2.24, 2.45) is 0 Å². The van der Waals surface area contributed by atoms with E-state index in [1.54, 1.807) is 0 Å². The number of hydrogen-bond acceptors (Lipinski definition) is 0. The summed E-state index contributed by atoms with van der Waals surface area (Å²) in [5.74, 6) is 0. The molecule has 0 atom stereocenters. The van der Waals surface area contributed by atoms with Crippen molar-refractivity contribution >= 4 is 0 Å². The van der Waals surface area contributed by atoms with E-state index in [9.17, 15) is 0 Å². The molecular formula is C12H14V. The minimum Gasteiger partial charge on any atom is -0.358 e. The van der Waals surface area contributed by atoms with Gasteiger partial charge in [0.25, 0.3) is 0 Å². The SMILES string of the molecule is [C-]1=CC=CC1.[CH3-].[V+2].c1ccccc1. The number of rotatable bonds is 0. The Labute approximate surface area is 93.3 Å². The Bertz CT molecular complexity index is 187. The van der Waals surface area contributed by atoms with Gasteiger partial charge in [-0.1, -0.05) is 36.4 Å². The van der Waals surface area contributed by atoms with Crippen LogP contribution < -0.4 is 0 Å². The van der Waals surface area contributed by atoms with Crippen molar-refractivity contribution in [1.82, 2.24) is 0 Å². The summed E-state index contributed by atoms with van der Waals surface area (Å²) in [5.41, 5.74) is 0. The fourth-order valence-electron chi connectivity index (χ4n) is 0.725. The summed E-state index contributed by atoms with van der Waals surface area (Å²) in [4.78, 5) is 0. The first-order chi connectivity index (χ1) is 5.50. The summed E-state index contributed by atoms with van der Waals surface area (Å²) in [7, 11) is 0. The second-order valence-corrected chi connectivity index (χ2v) is 2.16. The summed E-state index contributed by atoms with van der Waals surface area (Å²) < 4.78 is 0. The van der Waals surface area contributed by atoms with Gasteiger partial charge < -0.3 is 7.43 Å². The summed E-state index contributed by atoms with van der Waals surface area (Å²) in [5, 5.41) is 0. The second-order valence-electron chi connectivity index (χ2n) is 2.16. The first-order valence-electron chi connectivity index (χ1n) is 3.72. The van der Waals surface area contributed by atoms with Gasteiger partial charge >= 0.3 is 18.6 Å². The average Bonchev–Trinajstić information content (AvgIpc) is 2.64. The quantitative estimate of drug-likeness (QED) is 0.574. The van der Waals surface area contributed by atoms with Crippen molar-refractivity contribution in [1.29, 1.82) is 0 Å². The van der Waals surface area contributed by atoms with Crippen LogP contribution in [0.4, 0.5) is 0 Å². The van der Waals surface area contributed by atoms with Gasteiger partial charge in [0, 0.05) is 0 Å². The minimum absolute atomic E-state index is 0. The summed E-state index contributed by atoms with van der Waals surface area (Å²) in [6, 6.07) is 12.0. The van der Waals surface area contributed by atoms with Gasteiger partial charge in [0.1, 0.15) is 0 Å². The van der Waals surface area contributed by atoms with Crippen LogP contribution in [0.3, 0.4) is 0 Å². The van der Waals surface area contributed by atoms with Crippen LogP contribution >= 0.6 is 0 Å². The predicted molar refractivity (Wildman–Crippen MR) is 54.4 cm³/mol. The third-order valence-electron chi connectivity index (χ3n) is 1.25. The van der Waals surface area contributed by atoms with Crippen molar-refractivity contribution in [3.63, 3.8) is 0 Å². The molecular weight excluding hydrogens is 195 g/mol. The molecule has 67 valence electrons. The van der Waals surface area contributed by atoms with Crippen LogP contribution in [0.2, 0.25) is 0 Å². The molecule has 0 N–H and O–H groups in total. The molecule has 0 aliphatic heterocycles. The number of hydrogen-bond donors (Lipinski definition) is 0. The Kier molecular flexibility index (Phi) is 12.8. The Morgan fingerprint density at radius 3 is 1.46 bits per heavy atom. The van der Waals surface area contributed by atoms with Gasteiger partial charge in [0.2, 0.25) is 0 Å². The van der Waals surface area contributed by atoms with E-state index in [1.165, 1.54) is 0 Å². The summed E-state index contributed by atoms with van der Waals surface area (Å²) >= 11 is 0. The van der Waals surface area contributed by atoms with E-state index in [1.807, 2.05) is 48.6 Å². The largest absolute Gasteiger partial charge is 2.00 e. The topological polar surface area (TPSA) is 0 Å². The molecule has 0 saturated carbocycles. The van der Waals surface area contributed by atoms with Gasteiger partial charge in [-0.2, -0.15) is 6.08 Å². The molecule has 1 aliphatic carbocycles. The fraction of sp³-hybridized carbons (Fsp3) is 0.0833. The molecule has 0 spiro atoms. The van der Waals surface area contributed by atoms with Crippen LogP contribution in [-0.2, 0) is 18.6 Å². The first kappa shape index (κ1) is 14.8. The Balaban J connectivity index is 0. The average molecular weight is 209 g/mol. The molecule has 0 unspecified atom stereocenters. The smallest absolute Gasteiger partial charge is 0.358 e. The minimum atomic E-state index is 0. The zero-order valence-electron chi connectivity index (χ0n) is 7.85. The van der Waals surface area contributed by atoms with Gasteiger partial charge in [-0.05, 0) is 0 Å². The molecule has 0 nitrogen and oxygen atoms in total. The van der Waals surface area contributed by atoms with Crippen molar-refractivity contribution < 1.29 is 18.6 Å². The summed E-state index contributed by atoms with van der Waals surface area (Å²) in [6.07, 6.45) is 10.0. The van der Waals surface area contributed by atoms with E-state index >= 15 is 0 Å². The standard InChI is InChI=1S/C6H6.C5H5.CH3.V/c1-2-4-6-5-3-1;1-2-4-5-3-1;;/h1-6H;1-3H,4H2;1H3;/q;2*-1;+2. The molecule has 0 aromatic heterocycles. The first-order valence-corrected chi connectivity index (χ1v) is 3.72. The molecule has 1 aromatic rings. The molecule has 1 aromatic carbocycles. The fourth-order valence-corrected chi connectivity index (χ4v) is 0.725. The Morgan fingerprint density at radius 2 is 1.31 bits per heavy atom. The second kappa shape index (κ2) is 11.3. The Morgan fingerprint density at radius 1 is 0.846 bits per heavy atom. The van der Waals surface area contributed by atoms with Crippen molar-refractivity contribution in [3.05, 3.63) is 68.1 Å². The number of allylic oxidation sites excluding steroid dienone is 4. The monoisotopic (exact) mass is 209 g/mol. The van der Waals surface area contributed by atoms with E-state index in [2.05, 4.69) is 12.2 Å². The molecule has 0 saturated heterocycles. The zero-order chi connectivity index (χ0) is 7.78. The van der Waals surface area contributed by atoms with Gasteiger partial charge in [-0.3, -0.25) is 6.08 Å². The van der Waals surface area contributed by atoms with Crippen LogP contribution in [0.25, 0.3) is 0 Å². The molecule has 0 heterocycles. The molecule has 1 radical (unpaired) electrons. The molecule has 1 heteroatoms. The third-order valence-corrected chi connectivity index (χ3v) is 1.25. The maximum absolute atomic E-state index is 2.99. The van der Waals surface area contributed by atoms with Crippen molar-refractivity contribution in [2.45, 2.75) is 6.42 Å². The molecule has 13 heavy (non-hydrogen) atoms. The van der Waals surface area contributed by atoms with Gasteiger partial charge in [0.15, 0.2) is 0 Å². The van der Waals surface area contributed by atoms with Crippen molar-refractivity contribution in [3.8, 4) is 0 Å². The van der Waals surface area contributed by atoms with E-state index in [0.29, 0.717) is 0 Å². The van der Waals surface area contributed by atoms with Crippen LogP contribution in [-0.4, -0.2) is 0 Å². The van der Waals surface area contributed by atoms with Gasteiger partial charge in [-0.15, -0.1) is 6.42 Å². The maximum atomic E-state index is 2.99. The van der Waals surface area contributed by atoms with E-state index in [-0.39, 0.29) is 26.0 Å². The normalized spacial score (nSPS) is 10.5. The predicted octanol–water partition coefficient (Wildman–Crippen LogP) is 3.44. The van der Waals surface area contributed by atoms with Crippen LogP contribution in [0, 0.1) is 13.5 Å². The van der Waals surface area contributed by atoms with Crippen LogP contribution in [0.1, 0.15) is 6.42 Å².